The second kappa shape index (κ2) is 6.41. The quantitative estimate of drug-likeness (QED) is 0.713. The third-order valence-corrected chi connectivity index (χ3v) is 5.67. The van der Waals surface area contributed by atoms with E-state index in [9.17, 15) is 9.59 Å². The molecule has 0 spiro atoms. The number of carboxylic acids is 1. The highest BCUT2D eigenvalue weighted by molar-refractivity contribution is 6.34. The molecule has 1 aromatic heterocycles. The number of benzene rings is 1. The van der Waals surface area contributed by atoms with Crippen LogP contribution in [0.5, 0.6) is 0 Å². The van der Waals surface area contributed by atoms with Crippen LogP contribution in [0, 0.1) is 0 Å². The van der Waals surface area contributed by atoms with Crippen LogP contribution in [0.15, 0.2) is 24.3 Å². The summed E-state index contributed by atoms with van der Waals surface area (Å²) in [6.45, 7) is 4.53. The van der Waals surface area contributed by atoms with Gasteiger partial charge < -0.3 is 15.4 Å². The normalized spacial score (nSPS) is 18.9. The lowest BCUT2D eigenvalue weighted by Crippen LogP contribution is -2.22. The molecule has 0 fully saturated rings. The first-order valence-corrected chi connectivity index (χ1v) is 9.44. The number of carboxylic acid groups (broad SMARTS) is 1. The highest BCUT2D eigenvalue weighted by Gasteiger charge is 2.30. The van der Waals surface area contributed by atoms with Crippen LogP contribution in [-0.2, 0) is 27.8 Å². The molecule has 1 aliphatic heterocycles. The first-order chi connectivity index (χ1) is 12.8. The number of fused-ring (bicyclic) bond motifs is 2. The summed E-state index contributed by atoms with van der Waals surface area (Å²) in [5.41, 5.74) is 6.88. The van der Waals surface area contributed by atoms with Crippen LogP contribution in [0.2, 0.25) is 0 Å². The maximum Gasteiger partial charge on any atom is 0.303 e. The molecule has 2 heterocycles. The van der Waals surface area contributed by atoms with Crippen LogP contribution >= 0.6 is 0 Å². The average Bonchev–Trinajstić information content (AvgIpc) is 3.15. The van der Waals surface area contributed by atoms with Crippen molar-refractivity contribution in [3.8, 4) is 0 Å². The van der Waals surface area contributed by atoms with E-state index in [1.165, 1.54) is 24.1 Å². The Labute approximate surface area is 158 Å². The zero-order valence-corrected chi connectivity index (χ0v) is 15.7. The van der Waals surface area contributed by atoms with Crippen molar-refractivity contribution < 1.29 is 14.7 Å². The minimum Gasteiger partial charge on any atom is -0.481 e. The summed E-state index contributed by atoms with van der Waals surface area (Å²) in [5.74, 6) is -0.938. The zero-order valence-electron chi connectivity index (χ0n) is 15.7. The number of aliphatic carboxylic acids is 1. The summed E-state index contributed by atoms with van der Waals surface area (Å²) in [6, 6.07) is 7.82. The average molecular weight is 364 g/mol. The van der Waals surface area contributed by atoms with Crippen molar-refractivity contribution in [2.75, 3.05) is 5.32 Å². The molecule has 2 aliphatic rings. The molecular weight excluding hydrogens is 340 g/mol. The first-order valence-electron chi connectivity index (χ1n) is 9.44. The van der Waals surface area contributed by atoms with Gasteiger partial charge in [-0.2, -0.15) is 0 Å². The molecule has 0 unspecified atom stereocenters. The number of aromatic nitrogens is 1. The van der Waals surface area contributed by atoms with Gasteiger partial charge in [0.05, 0.1) is 5.57 Å². The summed E-state index contributed by atoms with van der Waals surface area (Å²) < 4.78 is 0. The predicted octanol–water partition coefficient (Wildman–Crippen LogP) is 4.14. The molecule has 140 valence electrons. The van der Waals surface area contributed by atoms with Crippen molar-refractivity contribution in [3.05, 3.63) is 52.3 Å². The van der Waals surface area contributed by atoms with Gasteiger partial charge in [-0.05, 0) is 66.5 Å². The number of carbonyl (C=O) groups excluding carboxylic acids is 1. The molecule has 0 bridgehead atoms. The van der Waals surface area contributed by atoms with Gasteiger partial charge in [-0.25, -0.2) is 0 Å². The second-order valence-corrected chi connectivity index (χ2v) is 8.14. The lowest BCUT2D eigenvalue weighted by Gasteiger charge is -2.29. The fourth-order valence-electron chi connectivity index (χ4n) is 4.18. The van der Waals surface area contributed by atoms with Gasteiger partial charge in [0.1, 0.15) is 0 Å². The highest BCUT2D eigenvalue weighted by atomic mass is 16.4. The molecular formula is C22H24N2O3. The molecule has 5 nitrogen and oxygen atoms in total. The summed E-state index contributed by atoms with van der Waals surface area (Å²) >= 11 is 0. The summed E-state index contributed by atoms with van der Waals surface area (Å²) in [7, 11) is 0. The van der Waals surface area contributed by atoms with Crippen LogP contribution in [-0.4, -0.2) is 22.0 Å². The van der Waals surface area contributed by atoms with E-state index in [2.05, 4.69) is 30.2 Å². The van der Waals surface area contributed by atoms with Crippen LogP contribution < -0.4 is 5.32 Å². The minimum atomic E-state index is -0.819. The molecule has 5 heteroatoms. The van der Waals surface area contributed by atoms with Crippen LogP contribution in [0.25, 0.3) is 11.6 Å². The van der Waals surface area contributed by atoms with Gasteiger partial charge in [-0.15, -0.1) is 0 Å². The Bertz CT molecular complexity index is 966. The third kappa shape index (κ3) is 3.29. The molecule has 0 saturated heterocycles. The molecule has 0 saturated carbocycles. The molecule has 1 aromatic carbocycles. The van der Waals surface area contributed by atoms with E-state index >= 15 is 0 Å². The van der Waals surface area contributed by atoms with Crippen molar-refractivity contribution in [2.45, 2.75) is 51.4 Å². The summed E-state index contributed by atoms with van der Waals surface area (Å²) in [6.07, 6.45) is 5.84. The van der Waals surface area contributed by atoms with Crippen molar-refractivity contribution in [2.24, 2.45) is 0 Å². The molecule has 1 aliphatic carbocycles. The standard InChI is InChI=1S/C22H24N2O3/c1-22(2)9-3-4-19-17(22)12-14(23-19)11-16-15-10-13(6-8-20(25)26)5-7-18(15)24-21(16)27/h5,7,10-12,23H,3-4,6,8-9H2,1-2H3,(H,24,27)(H,25,26). The lowest BCUT2D eigenvalue weighted by atomic mass is 9.75. The number of aryl methyl sites for hydroxylation is 2. The van der Waals surface area contributed by atoms with Gasteiger partial charge in [0.15, 0.2) is 0 Å². The molecule has 4 rings (SSSR count). The SMILES string of the molecule is CC1(C)CCCc2[nH]c(C=C3C(=O)Nc4ccc(CCC(=O)O)cc43)cc21. The zero-order chi connectivity index (χ0) is 19.2. The number of anilines is 1. The molecule has 27 heavy (non-hydrogen) atoms. The van der Waals surface area contributed by atoms with E-state index < -0.39 is 5.97 Å². The van der Waals surface area contributed by atoms with E-state index in [1.54, 1.807) is 0 Å². The number of aromatic amines is 1. The lowest BCUT2D eigenvalue weighted by molar-refractivity contribution is -0.137. The number of amides is 1. The largest absolute Gasteiger partial charge is 0.481 e. The number of hydrogen-bond donors (Lipinski definition) is 3. The highest BCUT2D eigenvalue weighted by Crippen LogP contribution is 2.39. The molecule has 3 N–H and O–H groups in total. The van der Waals surface area contributed by atoms with E-state index in [4.69, 9.17) is 5.11 Å². The van der Waals surface area contributed by atoms with Gasteiger partial charge in [-0.3, -0.25) is 9.59 Å². The Morgan fingerprint density at radius 3 is 2.85 bits per heavy atom. The smallest absolute Gasteiger partial charge is 0.303 e. The maximum atomic E-state index is 12.5. The van der Waals surface area contributed by atoms with Gasteiger partial charge in [0, 0.05) is 29.1 Å². The second-order valence-electron chi connectivity index (χ2n) is 8.14. The van der Waals surface area contributed by atoms with Crippen molar-refractivity contribution in [1.29, 1.82) is 0 Å². The van der Waals surface area contributed by atoms with Crippen molar-refractivity contribution >= 4 is 29.2 Å². The summed E-state index contributed by atoms with van der Waals surface area (Å²) in [4.78, 5) is 26.8. The fourth-order valence-corrected chi connectivity index (χ4v) is 4.18. The van der Waals surface area contributed by atoms with Crippen LogP contribution in [0.1, 0.15) is 61.2 Å². The number of rotatable bonds is 4. The molecule has 1 amide bonds. The molecule has 2 aromatic rings. The number of H-pyrrole nitrogens is 1. The Kier molecular flexibility index (Phi) is 4.17. The van der Waals surface area contributed by atoms with Crippen LogP contribution in [0.4, 0.5) is 5.69 Å². The number of nitrogens with one attached hydrogen (secondary N) is 2. The molecule has 0 radical (unpaired) electrons. The monoisotopic (exact) mass is 364 g/mol. The third-order valence-electron chi connectivity index (χ3n) is 5.67. The first kappa shape index (κ1) is 17.6. The van der Waals surface area contributed by atoms with E-state index in [-0.39, 0.29) is 17.7 Å². The Morgan fingerprint density at radius 1 is 1.30 bits per heavy atom. The van der Waals surface area contributed by atoms with Gasteiger partial charge in [0.25, 0.3) is 5.91 Å². The minimum absolute atomic E-state index is 0.0810. The Balaban J connectivity index is 1.69. The van der Waals surface area contributed by atoms with E-state index in [1.807, 2.05) is 24.3 Å². The van der Waals surface area contributed by atoms with Gasteiger partial charge >= 0.3 is 5.97 Å². The van der Waals surface area contributed by atoms with E-state index in [0.717, 1.165) is 28.9 Å². The van der Waals surface area contributed by atoms with E-state index in [0.29, 0.717) is 12.0 Å². The Morgan fingerprint density at radius 2 is 2.11 bits per heavy atom. The fraction of sp³-hybridized carbons (Fsp3) is 0.364. The predicted molar refractivity (Wildman–Crippen MR) is 106 cm³/mol. The van der Waals surface area contributed by atoms with Crippen molar-refractivity contribution in [1.82, 2.24) is 4.98 Å². The number of hydrogen-bond acceptors (Lipinski definition) is 2. The van der Waals surface area contributed by atoms with Gasteiger partial charge in [-0.1, -0.05) is 19.9 Å². The van der Waals surface area contributed by atoms with Crippen molar-refractivity contribution in [3.63, 3.8) is 0 Å². The Hall–Kier alpha value is -2.82. The van der Waals surface area contributed by atoms with Gasteiger partial charge in [0.2, 0.25) is 0 Å². The molecule has 0 atom stereocenters. The summed E-state index contributed by atoms with van der Waals surface area (Å²) in [5, 5.41) is 11.8. The van der Waals surface area contributed by atoms with Crippen LogP contribution in [0.3, 0.4) is 0 Å². The topological polar surface area (TPSA) is 82.2 Å². The number of carbonyl (C=O) groups is 2. The maximum absolute atomic E-state index is 12.5.